The number of anilines is 1. The number of benzene rings is 1. The van der Waals surface area contributed by atoms with Gasteiger partial charge in [0.25, 0.3) is 0 Å². The first-order valence-electron chi connectivity index (χ1n) is 6.19. The summed E-state index contributed by atoms with van der Waals surface area (Å²) in [5.41, 5.74) is 9.40. The average molecular weight is 265 g/mol. The largest absolute Gasteiger partial charge is 0.422 e. The summed E-state index contributed by atoms with van der Waals surface area (Å²) in [7, 11) is 0. The molecule has 0 spiro atoms. The fraction of sp³-hybridized carbons (Fsp3) is 0.0714. The lowest BCUT2D eigenvalue weighted by Gasteiger charge is -1.96. The molecule has 0 saturated carbocycles. The maximum atomic E-state index is 5.76. The molecule has 0 amide bonds. The summed E-state index contributed by atoms with van der Waals surface area (Å²) in [5.74, 6) is 0. The molecule has 4 rings (SSSR count). The third-order valence-corrected chi connectivity index (χ3v) is 3.19. The molecule has 0 radical (unpaired) electrons. The first kappa shape index (κ1) is 11.0. The van der Waals surface area contributed by atoms with Crippen molar-refractivity contribution in [3.05, 3.63) is 42.2 Å². The molecule has 98 valence electrons. The van der Waals surface area contributed by atoms with E-state index in [0.717, 1.165) is 22.2 Å². The Kier molecular flexibility index (Phi) is 2.09. The number of nitrogens with two attached hydrogens (primary N) is 1. The highest BCUT2D eigenvalue weighted by atomic mass is 16.4. The van der Waals surface area contributed by atoms with Gasteiger partial charge in [0.15, 0.2) is 11.2 Å². The number of hydrogen-bond donors (Lipinski definition) is 1. The monoisotopic (exact) mass is 265 g/mol. The van der Waals surface area contributed by atoms with Crippen molar-refractivity contribution in [1.82, 2.24) is 19.7 Å². The highest BCUT2D eigenvalue weighted by Gasteiger charge is 2.15. The van der Waals surface area contributed by atoms with Gasteiger partial charge in [0.1, 0.15) is 5.52 Å². The number of aromatic nitrogens is 4. The quantitative estimate of drug-likeness (QED) is 0.571. The third kappa shape index (κ3) is 1.48. The van der Waals surface area contributed by atoms with Gasteiger partial charge in [-0.15, -0.1) is 0 Å². The van der Waals surface area contributed by atoms with Crippen LogP contribution in [0.5, 0.6) is 0 Å². The van der Waals surface area contributed by atoms with Gasteiger partial charge in [-0.05, 0) is 25.1 Å². The van der Waals surface area contributed by atoms with E-state index in [4.69, 9.17) is 10.2 Å². The molecule has 0 bridgehead atoms. The van der Waals surface area contributed by atoms with Crippen LogP contribution in [-0.2, 0) is 0 Å². The van der Waals surface area contributed by atoms with E-state index in [1.165, 1.54) is 0 Å². The molecule has 0 atom stereocenters. The lowest BCUT2D eigenvalue weighted by molar-refractivity contribution is 0.547. The van der Waals surface area contributed by atoms with Gasteiger partial charge in [0, 0.05) is 5.39 Å². The molecular formula is C14H11N5O. The summed E-state index contributed by atoms with van der Waals surface area (Å²) in [6, 6.07) is 9.84. The van der Waals surface area contributed by atoms with Crippen molar-refractivity contribution >= 4 is 27.8 Å². The number of para-hydroxylation sites is 2. The number of nitrogens with zero attached hydrogens (tertiary/aromatic N) is 4. The number of oxazole rings is 1. The minimum absolute atomic E-state index is 0.404. The van der Waals surface area contributed by atoms with Gasteiger partial charge in [0.2, 0.25) is 0 Å². The summed E-state index contributed by atoms with van der Waals surface area (Å²) in [6.45, 7) is 1.91. The Bertz CT molecular complexity index is 904. The second-order valence-electron chi connectivity index (χ2n) is 4.60. The van der Waals surface area contributed by atoms with Crippen molar-refractivity contribution in [1.29, 1.82) is 0 Å². The standard InChI is InChI=1S/C14H11N5O/c1-8-10-6-9(15)7-16-13(10)19(18-8)14-17-11-4-2-3-5-12(11)20-14/h2-7H,15H2,1H3. The number of rotatable bonds is 1. The Hall–Kier alpha value is -2.89. The SMILES string of the molecule is Cc1nn(-c2nc3ccccc3o2)c2ncc(N)cc12. The van der Waals surface area contributed by atoms with Crippen LogP contribution in [0.2, 0.25) is 0 Å². The van der Waals surface area contributed by atoms with Crippen molar-refractivity contribution in [3.63, 3.8) is 0 Å². The van der Waals surface area contributed by atoms with Gasteiger partial charge in [-0.25, -0.2) is 4.98 Å². The molecule has 0 aliphatic rings. The van der Waals surface area contributed by atoms with Gasteiger partial charge in [0.05, 0.1) is 17.6 Å². The van der Waals surface area contributed by atoms with E-state index < -0.39 is 0 Å². The van der Waals surface area contributed by atoms with Crippen LogP contribution in [0.3, 0.4) is 0 Å². The van der Waals surface area contributed by atoms with Crippen LogP contribution in [0.1, 0.15) is 5.69 Å². The molecule has 0 saturated heterocycles. The Morgan fingerprint density at radius 1 is 1.25 bits per heavy atom. The van der Waals surface area contributed by atoms with Crippen molar-refractivity contribution in [2.24, 2.45) is 0 Å². The maximum absolute atomic E-state index is 5.76. The third-order valence-electron chi connectivity index (χ3n) is 3.19. The minimum atomic E-state index is 0.404. The molecule has 6 nitrogen and oxygen atoms in total. The topological polar surface area (TPSA) is 82.8 Å². The predicted octanol–water partition coefficient (Wildman–Crippen LogP) is 2.45. The summed E-state index contributed by atoms with van der Waals surface area (Å²) in [6.07, 6.45) is 1.60. The van der Waals surface area contributed by atoms with Crippen LogP contribution < -0.4 is 5.73 Å². The summed E-state index contributed by atoms with van der Waals surface area (Å²) >= 11 is 0. The highest BCUT2D eigenvalue weighted by Crippen LogP contribution is 2.23. The number of fused-ring (bicyclic) bond motifs is 2. The van der Waals surface area contributed by atoms with Crippen LogP contribution in [0, 0.1) is 6.92 Å². The number of aryl methyl sites for hydroxylation is 1. The Morgan fingerprint density at radius 2 is 2.10 bits per heavy atom. The van der Waals surface area contributed by atoms with Crippen LogP contribution in [-0.4, -0.2) is 19.7 Å². The van der Waals surface area contributed by atoms with E-state index in [1.54, 1.807) is 10.9 Å². The lowest BCUT2D eigenvalue weighted by atomic mass is 10.2. The van der Waals surface area contributed by atoms with Crippen molar-refractivity contribution in [2.75, 3.05) is 5.73 Å². The minimum Gasteiger partial charge on any atom is -0.422 e. The first-order valence-corrected chi connectivity index (χ1v) is 6.19. The van der Waals surface area contributed by atoms with Crippen LogP contribution in [0.25, 0.3) is 28.1 Å². The maximum Gasteiger partial charge on any atom is 0.325 e. The van der Waals surface area contributed by atoms with E-state index in [1.807, 2.05) is 37.3 Å². The lowest BCUT2D eigenvalue weighted by Crippen LogP contribution is -1.98. The normalized spacial score (nSPS) is 11.4. The Morgan fingerprint density at radius 3 is 2.95 bits per heavy atom. The van der Waals surface area contributed by atoms with Crippen LogP contribution >= 0.6 is 0 Å². The second kappa shape index (κ2) is 3.80. The molecule has 1 aromatic carbocycles. The summed E-state index contributed by atoms with van der Waals surface area (Å²) < 4.78 is 7.33. The number of pyridine rings is 1. The number of hydrogen-bond acceptors (Lipinski definition) is 5. The molecule has 20 heavy (non-hydrogen) atoms. The van der Waals surface area contributed by atoms with E-state index in [2.05, 4.69) is 15.1 Å². The molecule has 0 aliphatic heterocycles. The zero-order chi connectivity index (χ0) is 13.7. The number of nitrogen functional groups attached to an aromatic ring is 1. The van der Waals surface area contributed by atoms with E-state index in [-0.39, 0.29) is 0 Å². The molecule has 2 N–H and O–H groups in total. The van der Waals surface area contributed by atoms with Gasteiger partial charge in [-0.1, -0.05) is 12.1 Å². The molecule has 0 fully saturated rings. The molecule has 0 unspecified atom stereocenters. The molecule has 4 aromatic rings. The van der Waals surface area contributed by atoms with Crippen LogP contribution in [0.4, 0.5) is 5.69 Å². The van der Waals surface area contributed by atoms with Gasteiger partial charge < -0.3 is 10.2 Å². The van der Waals surface area contributed by atoms with Crippen LogP contribution in [0.15, 0.2) is 40.9 Å². The van der Waals surface area contributed by atoms with Crippen molar-refractivity contribution in [2.45, 2.75) is 6.92 Å². The molecule has 0 aliphatic carbocycles. The van der Waals surface area contributed by atoms with Gasteiger partial charge in [-0.2, -0.15) is 14.8 Å². The molecule has 3 heterocycles. The molecule has 3 aromatic heterocycles. The van der Waals surface area contributed by atoms with E-state index in [0.29, 0.717) is 17.3 Å². The Labute approximate surface area is 113 Å². The van der Waals surface area contributed by atoms with E-state index >= 15 is 0 Å². The fourth-order valence-corrected chi connectivity index (χ4v) is 2.24. The summed E-state index contributed by atoms with van der Waals surface area (Å²) in [5, 5.41) is 5.33. The first-order chi connectivity index (χ1) is 9.72. The Balaban J connectivity index is 2.02. The van der Waals surface area contributed by atoms with Gasteiger partial charge >= 0.3 is 6.01 Å². The zero-order valence-electron chi connectivity index (χ0n) is 10.7. The summed E-state index contributed by atoms with van der Waals surface area (Å²) in [4.78, 5) is 8.75. The molecular weight excluding hydrogens is 254 g/mol. The predicted molar refractivity (Wildman–Crippen MR) is 75.6 cm³/mol. The zero-order valence-corrected chi connectivity index (χ0v) is 10.7. The smallest absolute Gasteiger partial charge is 0.325 e. The van der Waals surface area contributed by atoms with Crippen molar-refractivity contribution in [3.8, 4) is 6.01 Å². The fourth-order valence-electron chi connectivity index (χ4n) is 2.24. The van der Waals surface area contributed by atoms with Gasteiger partial charge in [-0.3, -0.25) is 0 Å². The molecule has 6 heteroatoms. The van der Waals surface area contributed by atoms with Crippen molar-refractivity contribution < 1.29 is 4.42 Å². The highest BCUT2D eigenvalue weighted by molar-refractivity contribution is 5.82. The average Bonchev–Trinajstić information content (AvgIpc) is 3.00. The second-order valence-corrected chi connectivity index (χ2v) is 4.60. The van der Waals surface area contributed by atoms with E-state index in [9.17, 15) is 0 Å².